The number of halogens is 2. The standard InChI is InChI=1S/C11H9Cl2NO3/c1-16-6-2-3-7-8(4-6)17-11(13)10(7)14-9(15)5-12/h2-4H,5H2,1H3,(H,14,15). The van der Waals surface area contributed by atoms with Crippen molar-refractivity contribution in [2.45, 2.75) is 0 Å². The van der Waals surface area contributed by atoms with E-state index in [1.54, 1.807) is 25.3 Å². The van der Waals surface area contributed by atoms with Gasteiger partial charge in [-0.1, -0.05) is 0 Å². The van der Waals surface area contributed by atoms with Crippen LogP contribution in [0.5, 0.6) is 5.75 Å². The van der Waals surface area contributed by atoms with Gasteiger partial charge in [-0.3, -0.25) is 4.79 Å². The SMILES string of the molecule is COc1ccc2c(NC(=O)CCl)c(Cl)oc2c1. The van der Waals surface area contributed by atoms with Gasteiger partial charge in [0.05, 0.1) is 7.11 Å². The van der Waals surface area contributed by atoms with Gasteiger partial charge in [0, 0.05) is 11.5 Å². The van der Waals surface area contributed by atoms with Gasteiger partial charge in [-0.25, -0.2) is 0 Å². The van der Waals surface area contributed by atoms with Gasteiger partial charge in [-0.05, 0) is 23.7 Å². The highest BCUT2D eigenvalue weighted by molar-refractivity contribution is 6.35. The Morgan fingerprint density at radius 1 is 1.53 bits per heavy atom. The number of ether oxygens (including phenoxy) is 1. The molecule has 0 spiro atoms. The molecule has 2 aromatic rings. The first-order chi connectivity index (χ1) is 8.15. The predicted molar refractivity (Wildman–Crippen MR) is 67.1 cm³/mol. The number of furan rings is 1. The van der Waals surface area contributed by atoms with Gasteiger partial charge >= 0.3 is 0 Å². The first kappa shape index (κ1) is 12.1. The zero-order chi connectivity index (χ0) is 12.4. The van der Waals surface area contributed by atoms with Crippen molar-refractivity contribution < 1.29 is 13.9 Å². The maximum atomic E-state index is 11.2. The molecule has 6 heteroatoms. The molecule has 0 bridgehead atoms. The number of methoxy groups -OCH3 is 1. The van der Waals surface area contributed by atoms with Gasteiger partial charge in [0.2, 0.25) is 11.1 Å². The van der Waals surface area contributed by atoms with E-state index >= 15 is 0 Å². The molecule has 1 aromatic carbocycles. The number of amides is 1. The topological polar surface area (TPSA) is 51.5 Å². The molecule has 1 N–H and O–H groups in total. The highest BCUT2D eigenvalue weighted by atomic mass is 35.5. The van der Waals surface area contributed by atoms with E-state index < -0.39 is 0 Å². The average Bonchev–Trinajstić information content (AvgIpc) is 2.64. The summed E-state index contributed by atoms with van der Waals surface area (Å²) in [5, 5.41) is 3.40. The van der Waals surface area contributed by atoms with Crippen LogP contribution in [0.25, 0.3) is 11.0 Å². The van der Waals surface area contributed by atoms with Crippen molar-refractivity contribution in [1.29, 1.82) is 0 Å². The summed E-state index contributed by atoms with van der Waals surface area (Å²) in [6.07, 6.45) is 0. The molecule has 1 aromatic heterocycles. The van der Waals surface area contributed by atoms with Crippen LogP contribution in [0.2, 0.25) is 5.22 Å². The molecular formula is C11H9Cl2NO3. The fraction of sp³-hybridized carbons (Fsp3) is 0.182. The Morgan fingerprint density at radius 3 is 2.94 bits per heavy atom. The third-order valence-electron chi connectivity index (χ3n) is 2.24. The van der Waals surface area contributed by atoms with E-state index in [9.17, 15) is 4.79 Å². The minimum absolute atomic E-state index is 0.117. The van der Waals surface area contributed by atoms with Crippen LogP contribution in [-0.4, -0.2) is 18.9 Å². The maximum Gasteiger partial charge on any atom is 0.239 e. The highest BCUT2D eigenvalue weighted by Gasteiger charge is 2.15. The van der Waals surface area contributed by atoms with E-state index in [0.29, 0.717) is 22.4 Å². The molecule has 0 aliphatic heterocycles. The van der Waals surface area contributed by atoms with Crippen molar-refractivity contribution in [2.75, 3.05) is 18.3 Å². The van der Waals surface area contributed by atoms with Crippen LogP contribution in [-0.2, 0) is 4.79 Å². The van der Waals surface area contributed by atoms with Crippen LogP contribution >= 0.6 is 23.2 Å². The number of nitrogens with one attached hydrogen (secondary N) is 1. The Hall–Kier alpha value is -1.39. The minimum Gasteiger partial charge on any atom is -0.497 e. The summed E-state index contributed by atoms with van der Waals surface area (Å²) < 4.78 is 10.4. The summed E-state index contributed by atoms with van der Waals surface area (Å²) in [5.41, 5.74) is 0.967. The molecule has 2 rings (SSSR count). The number of rotatable bonds is 3. The maximum absolute atomic E-state index is 11.2. The third kappa shape index (κ3) is 2.33. The molecule has 0 atom stereocenters. The minimum atomic E-state index is -0.341. The van der Waals surface area contributed by atoms with Crippen LogP contribution in [0.3, 0.4) is 0 Å². The van der Waals surface area contributed by atoms with Crippen LogP contribution in [0.4, 0.5) is 5.69 Å². The van der Waals surface area contributed by atoms with Crippen molar-refractivity contribution in [3.8, 4) is 5.75 Å². The second-order valence-corrected chi connectivity index (χ2v) is 3.91. The van der Waals surface area contributed by atoms with E-state index in [1.807, 2.05) is 0 Å². The van der Waals surface area contributed by atoms with E-state index in [1.165, 1.54) is 0 Å². The van der Waals surface area contributed by atoms with Gasteiger partial charge in [-0.2, -0.15) is 0 Å². The first-order valence-corrected chi connectivity index (χ1v) is 5.69. The summed E-state index contributed by atoms with van der Waals surface area (Å²) in [5.74, 6) is 0.171. The highest BCUT2D eigenvalue weighted by Crippen LogP contribution is 2.36. The van der Waals surface area contributed by atoms with E-state index in [2.05, 4.69) is 5.32 Å². The van der Waals surface area contributed by atoms with Crippen LogP contribution in [0, 0.1) is 0 Å². The fourth-order valence-corrected chi connectivity index (χ4v) is 1.76. The number of hydrogen-bond donors (Lipinski definition) is 1. The number of carbonyl (C=O) groups is 1. The second-order valence-electron chi connectivity index (χ2n) is 3.29. The number of fused-ring (bicyclic) bond motifs is 1. The van der Waals surface area contributed by atoms with Crippen LogP contribution in [0.1, 0.15) is 0 Å². The van der Waals surface area contributed by atoms with Crippen molar-refractivity contribution in [3.63, 3.8) is 0 Å². The monoisotopic (exact) mass is 273 g/mol. The molecule has 1 amide bonds. The van der Waals surface area contributed by atoms with E-state index in [4.69, 9.17) is 32.4 Å². The fourth-order valence-electron chi connectivity index (χ4n) is 1.46. The van der Waals surface area contributed by atoms with Crippen molar-refractivity contribution >= 4 is 45.8 Å². The largest absolute Gasteiger partial charge is 0.497 e. The van der Waals surface area contributed by atoms with Crippen LogP contribution in [0.15, 0.2) is 22.6 Å². The summed E-state index contributed by atoms with van der Waals surface area (Å²) >= 11 is 11.3. The molecule has 0 aliphatic rings. The Kier molecular flexibility index (Phi) is 3.45. The van der Waals surface area contributed by atoms with Crippen molar-refractivity contribution in [1.82, 2.24) is 0 Å². The summed E-state index contributed by atoms with van der Waals surface area (Å²) in [6, 6.07) is 5.20. The third-order valence-corrected chi connectivity index (χ3v) is 2.75. The molecule has 0 unspecified atom stereocenters. The van der Waals surface area contributed by atoms with Gasteiger partial charge < -0.3 is 14.5 Å². The Bertz CT molecular complexity index is 565. The number of alkyl halides is 1. The van der Waals surface area contributed by atoms with Gasteiger partial charge in [-0.15, -0.1) is 11.6 Å². The summed E-state index contributed by atoms with van der Waals surface area (Å²) in [4.78, 5) is 11.2. The lowest BCUT2D eigenvalue weighted by Gasteiger charge is -2.01. The lowest BCUT2D eigenvalue weighted by molar-refractivity contribution is -0.113. The Balaban J connectivity index is 2.48. The molecule has 0 aliphatic carbocycles. The van der Waals surface area contributed by atoms with Gasteiger partial charge in [0.1, 0.15) is 22.9 Å². The molecule has 0 fully saturated rings. The number of benzene rings is 1. The first-order valence-electron chi connectivity index (χ1n) is 4.77. The van der Waals surface area contributed by atoms with E-state index in [0.717, 1.165) is 0 Å². The number of carbonyl (C=O) groups excluding carboxylic acids is 1. The summed E-state index contributed by atoms with van der Waals surface area (Å²) in [7, 11) is 1.56. The van der Waals surface area contributed by atoms with Crippen molar-refractivity contribution in [3.05, 3.63) is 23.4 Å². The summed E-state index contributed by atoms with van der Waals surface area (Å²) in [6.45, 7) is 0. The predicted octanol–water partition coefficient (Wildman–Crippen LogP) is 3.27. The second kappa shape index (κ2) is 4.85. The normalized spacial score (nSPS) is 10.5. The zero-order valence-electron chi connectivity index (χ0n) is 8.92. The Morgan fingerprint density at radius 2 is 2.29 bits per heavy atom. The smallest absolute Gasteiger partial charge is 0.239 e. The Labute approximate surface area is 107 Å². The van der Waals surface area contributed by atoms with Gasteiger partial charge in [0.15, 0.2) is 0 Å². The molecule has 1 heterocycles. The lowest BCUT2D eigenvalue weighted by atomic mass is 10.2. The van der Waals surface area contributed by atoms with Crippen molar-refractivity contribution in [2.24, 2.45) is 0 Å². The molecule has 0 radical (unpaired) electrons. The van der Waals surface area contributed by atoms with E-state index in [-0.39, 0.29) is 17.0 Å². The van der Waals surface area contributed by atoms with Crippen LogP contribution < -0.4 is 10.1 Å². The number of anilines is 1. The molecule has 17 heavy (non-hydrogen) atoms. The molecular weight excluding hydrogens is 265 g/mol. The number of hydrogen-bond acceptors (Lipinski definition) is 3. The average molecular weight is 274 g/mol. The van der Waals surface area contributed by atoms with Gasteiger partial charge in [0.25, 0.3) is 0 Å². The molecule has 0 saturated heterocycles. The zero-order valence-corrected chi connectivity index (χ0v) is 10.4. The lowest BCUT2D eigenvalue weighted by Crippen LogP contribution is -2.12. The molecule has 90 valence electrons. The molecule has 0 saturated carbocycles. The molecule has 4 nitrogen and oxygen atoms in total. The quantitative estimate of drug-likeness (QED) is 0.874.